The molecule has 0 saturated heterocycles. The van der Waals surface area contributed by atoms with Crippen LogP contribution in [-0.2, 0) is 4.79 Å². The van der Waals surface area contributed by atoms with Gasteiger partial charge in [0, 0.05) is 6.42 Å². The summed E-state index contributed by atoms with van der Waals surface area (Å²) in [5.41, 5.74) is 0.503. The summed E-state index contributed by atoms with van der Waals surface area (Å²) in [4.78, 5) is 10.3. The molecular formula is C14H28O2. The summed E-state index contributed by atoms with van der Waals surface area (Å²) >= 11 is 0. The molecular weight excluding hydrogens is 200 g/mol. The van der Waals surface area contributed by atoms with E-state index in [-0.39, 0.29) is 0 Å². The Hall–Kier alpha value is -0.530. The van der Waals surface area contributed by atoms with Crippen molar-refractivity contribution in [3.63, 3.8) is 0 Å². The summed E-state index contributed by atoms with van der Waals surface area (Å²) < 4.78 is 0. The molecule has 0 rings (SSSR count). The molecule has 0 aromatic rings. The first kappa shape index (κ1) is 15.5. The molecule has 1 N–H and O–H groups in total. The molecule has 0 saturated carbocycles. The molecule has 16 heavy (non-hydrogen) atoms. The largest absolute Gasteiger partial charge is 0.481 e. The lowest BCUT2D eigenvalue weighted by Gasteiger charge is -2.22. The van der Waals surface area contributed by atoms with E-state index >= 15 is 0 Å². The minimum Gasteiger partial charge on any atom is -0.481 e. The van der Waals surface area contributed by atoms with Crippen molar-refractivity contribution in [1.82, 2.24) is 0 Å². The Balaban J connectivity index is 3.19. The van der Waals surface area contributed by atoms with Crippen molar-refractivity contribution < 1.29 is 9.90 Å². The standard InChI is InChI=1S/C14H28O2/c1-4-14(2,3)12-10-8-6-5-7-9-11-13(15)16/h4-12H2,1-3H3,(H,15,16). The Morgan fingerprint density at radius 3 is 2.00 bits per heavy atom. The molecule has 0 aromatic carbocycles. The smallest absolute Gasteiger partial charge is 0.303 e. The van der Waals surface area contributed by atoms with Crippen LogP contribution in [0.5, 0.6) is 0 Å². The summed E-state index contributed by atoms with van der Waals surface area (Å²) in [5.74, 6) is -0.662. The number of hydrogen-bond acceptors (Lipinski definition) is 1. The average molecular weight is 228 g/mol. The van der Waals surface area contributed by atoms with Crippen molar-refractivity contribution >= 4 is 5.97 Å². The Bertz CT molecular complexity index is 185. The van der Waals surface area contributed by atoms with Gasteiger partial charge in [0.25, 0.3) is 0 Å². The molecule has 0 aliphatic rings. The van der Waals surface area contributed by atoms with Crippen LogP contribution >= 0.6 is 0 Å². The summed E-state index contributed by atoms with van der Waals surface area (Å²) in [5, 5.41) is 8.47. The third-order valence-corrected chi connectivity index (χ3v) is 3.45. The van der Waals surface area contributed by atoms with Gasteiger partial charge >= 0.3 is 5.97 Å². The first-order chi connectivity index (χ1) is 7.48. The highest BCUT2D eigenvalue weighted by Gasteiger charge is 2.13. The molecule has 0 fully saturated rings. The van der Waals surface area contributed by atoms with Crippen LogP contribution in [0.25, 0.3) is 0 Å². The number of unbranched alkanes of at least 4 members (excludes halogenated alkanes) is 5. The molecule has 0 heterocycles. The van der Waals surface area contributed by atoms with E-state index in [1.807, 2.05) is 0 Å². The second kappa shape index (κ2) is 8.60. The quantitative estimate of drug-likeness (QED) is 0.554. The third-order valence-electron chi connectivity index (χ3n) is 3.45. The highest BCUT2D eigenvalue weighted by Crippen LogP contribution is 2.27. The summed E-state index contributed by atoms with van der Waals surface area (Å²) in [6, 6.07) is 0. The van der Waals surface area contributed by atoms with Crippen LogP contribution in [-0.4, -0.2) is 11.1 Å². The zero-order valence-corrected chi connectivity index (χ0v) is 11.2. The van der Waals surface area contributed by atoms with Gasteiger partial charge in [0.05, 0.1) is 0 Å². The van der Waals surface area contributed by atoms with Gasteiger partial charge in [-0.15, -0.1) is 0 Å². The van der Waals surface area contributed by atoms with Crippen LogP contribution in [0.2, 0.25) is 0 Å². The van der Waals surface area contributed by atoms with E-state index in [0.29, 0.717) is 11.8 Å². The third kappa shape index (κ3) is 10.0. The lowest BCUT2D eigenvalue weighted by Crippen LogP contribution is -2.08. The first-order valence-corrected chi connectivity index (χ1v) is 6.70. The Morgan fingerprint density at radius 2 is 1.50 bits per heavy atom. The first-order valence-electron chi connectivity index (χ1n) is 6.70. The van der Waals surface area contributed by atoms with E-state index in [9.17, 15) is 4.79 Å². The van der Waals surface area contributed by atoms with Gasteiger partial charge < -0.3 is 5.11 Å². The summed E-state index contributed by atoms with van der Waals surface area (Å²) in [6.45, 7) is 6.92. The number of carboxylic acid groups (broad SMARTS) is 1. The molecule has 2 heteroatoms. The Labute approximate surface area is 100 Å². The van der Waals surface area contributed by atoms with Gasteiger partial charge in [0.1, 0.15) is 0 Å². The summed E-state index contributed by atoms with van der Waals surface area (Å²) in [7, 11) is 0. The normalized spacial score (nSPS) is 11.7. The van der Waals surface area contributed by atoms with E-state index in [4.69, 9.17) is 5.11 Å². The van der Waals surface area contributed by atoms with Crippen molar-refractivity contribution in [3.8, 4) is 0 Å². The zero-order valence-electron chi connectivity index (χ0n) is 11.2. The molecule has 0 spiro atoms. The van der Waals surface area contributed by atoms with Crippen LogP contribution in [0, 0.1) is 5.41 Å². The fraction of sp³-hybridized carbons (Fsp3) is 0.929. The van der Waals surface area contributed by atoms with Crippen LogP contribution in [0.1, 0.15) is 78.6 Å². The van der Waals surface area contributed by atoms with Gasteiger partial charge in [-0.25, -0.2) is 0 Å². The molecule has 0 aliphatic carbocycles. The highest BCUT2D eigenvalue weighted by molar-refractivity contribution is 5.66. The topological polar surface area (TPSA) is 37.3 Å². The van der Waals surface area contributed by atoms with Crippen molar-refractivity contribution in [3.05, 3.63) is 0 Å². The fourth-order valence-corrected chi connectivity index (χ4v) is 1.76. The Kier molecular flexibility index (Phi) is 8.32. The molecule has 0 unspecified atom stereocenters. The van der Waals surface area contributed by atoms with E-state index in [0.717, 1.165) is 12.8 Å². The number of aliphatic carboxylic acids is 1. The van der Waals surface area contributed by atoms with Crippen molar-refractivity contribution in [2.45, 2.75) is 78.6 Å². The molecule has 0 atom stereocenters. The molecule has 96 valence electrons. The van der Waals surface area contributed by atoms with Crippen LogP contribution < -0.4 is 0 Å². The number of rotatable bonds is 10. The SMILES string of the molecule is CCC(C)(C)CCCCCCCCC(=O)O. The lowest BCUT2D eigenvalue weighted by atomic mass is 9.84. The minimum absolute atomic E-state index is 0.336. The fourth-order valence-electron chi connectivity index (χ4n) is 1.76. The number of carbonyl (C=O) groups is 1. The second-order valence-electron chi connectivity index (χ2n) is 5.53. The van der Waals surface area contributed by atoms with Gasteiger partial charge in [-0.2, -0.15) is 0 Å². The Morgan fingerprint density at radius 1 is 1.00 bits per heavy atom. The van der Waals surface area contributed by atoms with Crippen molar-refractivity contribution in [2.24, 2.45) is 5.41 Å². The highest BCUT2D eigenvalue weighted by atomic mass is 16.4. The maximum atomic E-state index is 10.3. The van der Waals surface area contributed by atoms with Crippen LogP contribution in [0.15, 0.2) is 0 Å². The van der Waals surface area contributed by atoms with E-state index in [1.54, 1.807) is 0 Å². The molecule has 0 bridgehead atoms. The van der Waals surface area contributed by atoms with Gasteiger partial charge in [0.15, 0.2) is 0 Å². The van der Waals surface area contributed by atoms with Crippen molar-refractivity contribution in [1.29, 1.82) is 0 Å². The van der Waals surface area contributed by atoms with E-state index < -0.39 is 5.97 Å². The number of hydrogen-bond donors (Lipinski definition) is 1. The van der Waals surface area contributed by atoms with Gasteiger partial charge in [0.2, 0.25) is 0 Å². The molecule has 0 aliphatic heterocycles. The maximum Gasteiger partial charge on any atom is 0.303 e. The van der Waals surface area contributed by atoms with Gasteiger partial charge in [-0.3, -0.25) is 4.79 Å². The molecule has 0 amide bonds. The molecule has 0 aromatic heterocycles. The second-order valence-corrected chi connectivity index (χ2v) is 5.53. The minimum atomic E-state index is -0.662. The van der Waals surface area contributed by atoms with Crippen LogP contribution in [0.4, 0.5) is 0 Å². The predicted molar refractivity (Wildman–Crippen MR) is 68.6 cm³/mol. The average Bonchev–Trinajstić information content (AvgIpc) is 2.21. The van der Waals surface area contributed by atoms with E-state index in [2.05, 4.69) is 20.8 Å². The monoisotopic (exact) mass is 228 g/mol. The molecule has 0 radical (unpaired) electrons. The van der Waals surface area contributed by atoms with Crippen LogP contribution in [0.3, 0.4) is 0 Å². The summed E-state index contributed by atoms with van der Waals surface area (Å²) in [6.07, 6.45) is 9.90. The zero-order chi connectivity index (χ0) is 12.4. The lowest BCUT2D eigenvalue weighted by molar-refractivity contribution is -0.137. The number of carboxylic acids is 1. The van der Waals surface area contributed by atoms with Crippen molar-refractivity contribution in [2.75, 3.05) is 0 Å². The van der Waals surface area contributed by atoms with E-state index in [1.165, 1.54) is 38.5 Å². The predicted octanol–water partition coefficient (Wildman–Crippen LogP) is 4.63. The van der Waals surface area contributed by atoms with Gasteiger partial charge in [-0.05, 0) is 18.3 Å². The molecule has 2 nitrogen and oxygen atoms in total. The van der Waals surface area contributed by atoms with Gasteiger partial charge in [-0.1, -0.05) is 59.3 Å². The maximum absolute atomic E-state index is 10.3.